The Kier molecular flexibility index (Phi) is 6.20. The molecule has 38 heavy (non-hydrogen) atoms. The Morgan fingerprint density at radius 3 is 2.00 bits per heavy atom. The number of para-hydroxylation sites is 2. The lowest BCUT2D eigenvalue weighted by atomic mass is 9.73. The number of aromatic nitrogens is 2. The van der Waals surface area contributed by atoms with E-state index in [1.54, 1.807) is 0 Å². The van der Waals surface area contributed by atoms with Crippen molar-refractivity contribution in [1.82, 2.24) is 10.1 Å². The molecule has 4 aromatic carbocycles. The second-order valence-corrected chi connectivity index (χ2v) is 10.2. The number of anilines is 3. The summed E-state index contributed by atoms with van der Waals surface area (Å²) >= 11 is 0. The van der Waals surface area contributed by atoms with Gasteiger partial charge in [-0.25, -0.2) is 0 Å². The van der Waals surface area contributed by atoms with Crippen LogP contribution < -0.4 is 9.64 Å². The molecular formula is C33H31N3O2. The minimum Gasteiger partial charge on any atom is -0.494 e. The molecule has 2 heterocycles. The standard InChI is InChI=1S/C33H31N3O2/c1-4-5-22-37-26-20-16-24(17-21-26)32-34-31(35-38-32)23-14-18-25(19-15-23)36-29-12-8-6-10-27(29)33(2,3)28-11-7-9-13-30(28)36/h6-21H,4-5,22H2,1-3H3. The molecule has 0 unspecified atom stereocenters. The fraction of sp³-hybridized carbons (Fsp3) is 0.212. The smallest absolute Gasteiger partial charge is 0.258 e. The number of hydrogen-bond acceptors (Lipinski definition) is 5. The first-order chi connectivity index (χ1) is 18.6. The van der Waals surface area contributed by atoms with Crippen LogP contribution in [-0.2, 0) is 5.41 Å². The number of hydrogen-bond donors (Lipinski definition) is 0. The van der Waals surface area contributed by atoms with Gasteiger partial charge >= 0.3 is 0 Å². The molecule has 0 bridgehead atoms. The van der Waals surface area contributed by atoms with Crippen LogP contribution in [0.4, 0.5) is 17.1 Å². The molecule has 5 aromatic rings. The third-order valence-electron chi connectivity index (χ3n) is 7.31. The van der Waals surface area contributed by atoms with E-state index in [-0.39, 0.29) is 5.41 Å². The quantitative estimate of drug-likeness (QED) is 0.209. The highest BCUT2D eigenvalue weighted by Crippen LogP contribution is 2.51. The molecule has 5 heteroatoms. The Morgan fingerprint density at radius 2 is 1.37 bits per heavy atom. The molecule has 0 fully saturated rings. The molecule has 1 aliphatic rings. The van der Waals surface area contributed by atoms with Crippen LogP contribution in [0.1, 0.15) is 44.7 Å². The summed E-state index contributed by atoms with van der Waals surface area (Å²) < 4.78 is 11.4. The van der Waals surface area contributed by atoms with Crippen molar-refractivity contribution < 1.29 is 9.26 Å². The van der Waals surface area contributed by atoms with E-state index in [9.17, 15) is 0 Å². The first-order valence-electron chi connectivity index (χ1n) is 13.2. The van der Waals surface area contributed by atoms with E-state index in [1.165, 1.54) is 22.5 Å². The van der Waals surface area contributed by atoms with Crippen molar-refractivity contribution in [2.24, 2.45) is 0 Å². The minimum atomic E-state index is -0.0789. The van der Waals surface area contributed by atoms with Gasteiger partial charge in [-0.3, -0.25) is 0 Å². The van der Waals surface area contributed by atoms with Gasteiger partial charge in [0.25, 0.3) is 5.89 Å². The van der Waals surface area contributed by atoms with Gasteiger partial charge in [0.2, 0.25) is 5.82 Å². The van der Waals surface area contributed by atoms with Gasteiger partial charge in [-0.15, -0.1) is 0 Å². The second-order valence-electron chi connectivity index (χ2n) is 10.2. The third-order valence-corrected chi connectivity index (χ3v) is 7.31. The number of ether oxygens (including phenoxy) is 1. The maximum Gasteiger partial charge on any atom is 0.258 e. The zero-order valence-corrected chi connectivity index (χ0v) is 22.0. The normalized spacial score (nSPS) is 13.6. The molecule has 0 N–H and O–H groups in total. The summed E-state index contributed by atoms with van der Waals surface area (Å²) in [6.07, 6.45) is 2.16. The van der Waals surface area contributed by atoms with Crippen molar-refractivity contribution in [2.75, 3.05) is 11.5 Å². The predicted molar refractivity (Wildman–Crippen MR) is 152 cm³/mol. The summed E-state index contributed by atoms with van der Waals surface area (Å²) in [5, 5.41) is 4.25. The third kappa shape index (κ3) is 4.24. The van der Waals surface area contributed by atoms with Crippen LogP contribution in [-0.4, -0.2) is 16.7 Å². The largest absolute Gasteiger partial charge is 0.494 e. The van der Waals surface area contributed by atoms with Gasteiger partial charge in [-0.2, -0.15) is 4.98 Å². The van der Waals surface area contributed by atoms with Crippen molar-refractivity contribution in [3.8, 4) is 28.6 Å². The summed E-state index contributed by atoms with van der Waals surface area (Å²) in [5.74, 6) is 1.91. The molecule has 0 aliphatic carbocycles. The first-order valence-corrected chi connectivity index (χ1v) is 13.2. The van der Waals surface area contributed by atoms with Crippen LogP contribution in [0.15, 0.2) is 102 Å². The Bertz CT molecular complexity index is 1500. The predicted octanol–water partition coefficient (Wildman–Crippen LogP) is 8.69. The van der Waals surface area contributed by atoms with E-state index in [4.69, 9.17) is 9.26 Å². The molecule has 0 radical (unpaired) electrons. The Hall–Kier alpha value is -4.38. The SMILES string of the molecule is CCCCOc1ccc(-c2nc(-c3ccc(N4c5ccccc5C(C)(C)c5ccccc54)cc3)no2)cc1. The first kappa shape index (κ1) is 24.0. The molecule has 0 saturated carbocycles. The fourth-order valence-corrected chi connectivity index (χ4v) is 5.19. The van der Waals surface area contributed by atoms with Crippen LogP contribution in [0.3, 0.4) is 0 Å². The van der Waals surface area contributed by atoms with Crippen LogP contribution in [0.2, 0.25) is 0 Å². The number of benzene rings is 4. The summed E-state index contributed by atoms with van der Waals surface area (Å²) in [6, 6.07) is 33.5. The highest BCUT2D eigenvalue weighted by molar-refractivity contribution is 5.86. The number of unbranched alkanes of at least 4 members (excludes halogenated alkanes) is 1. The monoisotopic (exact) mass is 501 g/mol. The number of rotatable bonds is 7. The summed E-state index contributed by atoms with van der Waals surface area (Å²) in [5.41, 5.74) is 7.81. The van der Waals surface area contributed by atoms with E-state index < -0.39 is 0 Å². The summed E-state index contributed by atoms with van der Waals surface area (Å²) in [6.45, 7) is 7.47. The van der Waals surface area contributed by atoms with Crippen molar-refractivity contribution in [3.63, 3.8) is 0 Å². The maximum absolute atomic E-state index is 5.76. The second kappa shape index (κ2) is 9.82. The van der Waals surface area contributed by atoms with E-state index in [2.05, 4.69) is 109 Å². The topological polar surface area (TPSA) is 51.4 Å². The lowest BCUT2D eigenvalue weighted by molar-refractivity contribution is 0.309. The van der Waals surface area contributed by atoms with Crippen LogP contribution in [0.25, 0.3) is 22.8 Å². The molecule has 0 amide bonds. The molecule has 0 atom stereocenters. The molecular weight excluding hydrogens is 470 g/mol. The maximum atomic E-state index is 5.76. The van der Waals surface area contributed by atoms with Gasteiger partial charge in [0.15, 0.2) is 0 Å². The zero-order valence-electron chi connectivity index (χ0n) is 22.0. The van der Waals surface area contributed by atoms with Gasteiger partial charge < -0.3 is 14.2 Å². The van der Waals surface area contributed by atoms with Crippen molar-refractivity contribution in [1.29, 1.82) is 0 Å². The fourth-order valence-electron chi connectivity index (χ4n) is 5.19. The summed E-state index contributed by atoms with van der Waals surface area (Å²) in [4.78, 5) is 7.00. The van der Waals surface area contributed by atoms with Crippen molar-refractivity contribution in [3.05, 3.63) is 108 Å². The van der Waals surface area contributed by atoms with E-state index in [0.717, 1.165) is 42.0 Å². The molecule has 6 rings (SSSR count). The van der Waals surface area contributed by atoms with E-state index in [0.29, 0.717) is 11.7 Å². The minimum absolute atomic E-state index is 0.0789. The Morgan fingerprint density at radius 1 is 0.763 bits per heavy atom. The van der Waals surface area contributed by atoms with Gasteiger partial charge in [0.05, 0.1) is 18.0 Å². The van der Waals surface area contributed by atoms with Crippen LogP contribution >= 0.6 is 0 Å². The molecule has 0 spiro atoms. The highest BCUT2D eigenvalue weighted by Gasteiger charge is 2.36. The molecule has 190 valence electrons. The van der Waals surface area contributed by atoms with Gasteiger partial charge in [-0.05, 0) is 78.2 Å². The Labute approximate surface area is 223 Å². The Balaban J connectivity index is 1.28. The van der Waals surface area contributed by atoms with Crippen molar-refractivity contribution >= 4 is 17.1 Å². The average molecular weight is 502 g/mol. The van der Waals surface area contributed by atoms with Gasteiger partial charge in [0, 0.05) is 22.2 Å². The summed E-state index contributed by atoms with van der Waals surface area (Å²) in [7, 11) is 0. The molecule has 1 aromatic heterocycles. The van der Waals surface area contributed by atoms with Crippen LogP contribution in [0, 0.1) is 0 Å². The van der Waals surface area contributed by atoms with Crippen molar-refractivity contribution in [2.45, 2.75) is 39.0 Å². The van der Waals surface area contributed by atoms with E-state index >= 15 is 0 Å². The van der Waals surface area contributed by atoms with Gasteiger partial charge in [0.1, 0.15) is 5.75 Å². The lowest BCUT2D eigenvalue weighted by Gasteiger charge is -2.42. The molecule has 0 saturated heterocycles. The molecule has 1 aliphatic heterocycles. The highest BCUT2D eigenvalue weighted by atomic mass is 16.5. The van der Waals surface area contributed by atoms with Crippen LogP contribution in [0.5, 0.6) is 5.75 Å². The lowest BCUT2D eigenvalue weighted by Crippen LogP contribution is -2.30. The zero-order chi connectivity index (χ0) is 26.1. The van der Waals surface area contributed by atoms with Gasteiger partial charge in [-0.1, -0.05) is 68.7 Å². The number of nitrogens with zero attached hydrogens (tertiary/aromatic N) is 3. The average Bonchev–Trinajstić information content (AvgIpc) is 3.45. The van der Waals surface area contributed by atoms with E-state index in [1.807, 2.05) is 24.3 Å². The molecule has 5 nitrogen and oxygen atoms in total. The number of fused-ring (bicyclic) bond motifs is 2.